The summed E-state index contributed by atoms with van der Waals surface area (Å²) >= 11 is 0. The summed E-state index contributed by atoms with van der Waals surface area (Å²) in [5.41, 5.74) is 3.91. The van der Waals surface area contributed by atoms with E-state index >= 15 is 0 Å². The van der Waals surface area contributed by atoms with Gasteiger partial charge in [-0.15, -0.1) is 0 Å². The Morgan fingerprint density at radius 2 is 1.55 bits per heavy atom. The van der Waals surface area contributed by atoms with Crippen LogP contribution in [0.1, 0.15) is 21.5 Å². The van der Waals surface area contributed by atoms with Gasteiger partial charge in [-0.05, 0) is 30.7 Å². The van der Waals surface area contributed by atoms with Crippen molar-refractivity contribution in [2.75, 3.05) is 0 Å². The summed E-state index contributed by atoms with van der Waals surface area (Å²) in [5.74, 6) is 0.199. The van der Waals surface area contributed by atoms with E-state index in [1.165, 1.54) is 0 Å². The molecule has 0 spiro atoms. The number of hydrogen-bond donors (Lipinski definition) is 1. The molecule has 108 valence electrons. The Morgan fingerprint density at radius 3 is 2.32 bits per heavy atom. The summed E-state index contributed by atoms with van der Waals surface area (Å²) in [5, 5.41) is 10.0. The van der Waals surface area contributed by atoms with Crippen LogP contribution in [0.5, 0.6) is 5.75 Å². The third-order valence-electron chi connectivity index (χ3n) is 3.62. The number of benzene rings is 3. The highest BCUT2D eigenvalue weighted by atomic mass is 16.3. The molecule has 0 radical (unpaired) electrons. The second-order valence-corrected chi connectivity index (χ2v) is 5.30. The molecule has 0 atom stereocenters. The zero-order valence-electron chi connectivity index (χ0n) is 12.3. The molecule has 22 heavy (non-hydrogen) atoms. The van der Waals surface area contributed by atoms with E-state index in [0.29, 0.717) is 11.1 Å². The van der Waals surface area contributed by atoms with Gasteiger partial charge >= 0.3 is 0 Å². The predicted molar refractivity (Wildman–Crippen MR) is 88.2 cm³/mol. The summed E-state index contributed by atoms with van der Waals surface area (Å²) < 4.78 is 0. The summed E-state index contributed by atoms with van der Waals surface area (Å²) in [6, 6.07) is 22.0. The molecule has 0 unspecified atom stereocenters. The minimum absolute atomic E-state index is 0.0189. The molecule has 0 aliphatic carbocycles. The molecular weight excluding hydrogens is 272 g/mol. The van der Waals surface area contributed by atoms with E-state index in [9.17, 15) is 9.90 Å². The molecule has 2 heteroatoms. The smallest absolute Gasteiger partial charge is 0.193 e. The van der Waals surface area contributed by atoms with Gasteiger partial charge in [0.25, 0.3) is 0 Å². The molecular formula is C20H16O2. The molecule has 0 aliphatic rings. The molecule has 0 fully saturated rings. The maximum absolute atomic E-state index is 12.5. The van der Waals surface area contributed by atoms with Crippen molar-refractivity contribution in [1.29, 1.82) is 0 Å². The lowest BCUT2D eigenvalue weighted by Crippen LogP contribution is -2.00. The highest BCUT2D eigenvalue weighted by molar-refractivity contribution is 6.09. The Morgan fingerprint density at radius 1 is 0.818 bits per heavy atom. The lowest BCUT2D eigenvalue weighted by atomic mass is 9.97. The number of ketones is 1. The number of aromatic hydroxyl groups is 1. The monoisotopic (exact) mass is 288 g/mol. The van der Waals surface area contributed by atoms with Crippen molar-refractivity contribution in [3.8, 4) is 16.9 Å². The molecule has 2 nitrogen and oxygen atoms in total. The Balaban J connectivity index is 2.03. The van der Waals surface area contributed by atoms with Gasteiger partial charge in [-0.25, -0.2) is 0 Å². The minimum atomic E-state index is -0.0189. The van der Waals surface area contributed by atoms with Crippen LogP contribution in [-0.4, -0.2) is 10.9 Å². The van der Waals surface area contributed by atoms with E-state index < -0.39 is 0 Å². The SMILES string of the molecule is Cc1ccc(O)c(-c2cccc(C(=O)c3ccccc3)c2)c1. The second-order valence-electron chi connectivity index (χ2n) is 5.30. The van der Waals surface area contributed by atoms with E-state index in [2.05, 4.69) is 0 Å². The van der Waals surface area contributed by atoms with Gasteiger partial charge in [0.05, 0.1) is 0 Å². The van der Waals surface area contributed by atoms with Crippen molar-refractivity contribution in [1.82, 2.24) is 0 Å². The fraction of sp³-hybridized carbons (Fsp3) is 0.0500. The number of aryl methyl sites for hydroxylation is 1. The average Bonchev–Trinajstić information content (AvgIpc) is 2.57. The normalized spacial score (nSPS) is 10.4. The zero-order chi connectivity index (χ0) is 15.5. The van der Waals surface area contributed by atoms with Crippen molar-refractivity contribution in [3.63, 3.8) is 0 Å². The summed E-state index contributed by atoms with van der Waals surface area (Å²) in [6.45, 7) is 1.97. The topological polar surface area (TPSA) is 37.3 Å². The summed E-state index contributed by atoms with van der Waals surface area (Å²) in [4.78, 5) is 12.5. The quantitative estimate of drug-likeness (QED) is 0.715. The third-order valence-corrected chi connectivity index (χ3v) is 3.62. The van der Waals surface area contributed by atoms with Gasteiger partial charge in [0.15, 0.2) is 5.78 Å². The Labute approximate surface area is 129 Å². The average molecular weight is 288 g/mol. The van der Waals surface area contributed by atoms with Crippen molar-refractivity contribution in [2.45, 2.75) is 6.92 Å². The molecule has 0 bridgehead atoms. The Hall–Kier alpha value is -2.87. The van der Waals surface area contributed by atoms with Gasteiger partial charge in [-0.2, -0.15) is 0 Å². The zero-order valence-corrected chi connectivity index (χ0v) is 12.3. The number of phenols is 1. The Kier molecular flexibility index (Phi) is 3.75. The standard InChI is InChI=1S/C20H16O2/c1-14-10-11-19(21)18(12-14)16-8-5-9-17(13-16)20(22)15-6-3-2-4-7-15/h2-13,21H,1H3. The van der Waals surface area contributed by atoms with E-state index in [4.69, 9.17) is 0 Å². The lowest BCUT2D eigenvalue weighted by molar-refractivity contribution is 0.103. The lowest BCUT2D eigenvalue weighted by Gasteiger charge is -2.08. The fourth-order valence-corrected chi connectivity index (χ4v) is 2.47. The van der Waals surface area contributed by atoms with Gasteiger partial charge in [0.1, 0.15) is 5.75 Å². The predicted octanol–water partition coefficient (Wildman–Crippen LogP) is 4.60. The number of hydrogen-bond acceptors (Lipinski definition) is 2. The molecule has 3 rings (SSSR count). The van der Waals surface area contributed by atoms with Crippen molar-refractivity contribution in [3.05, 3.63) is 89.5 Å². The van der Waals surface area contributed by atoms with Crippen LogP contribution in [0, 0.1) is 6.92 Å². The van der Waals surface area contributed by atoms with Crippen LogP contribution < -0.4 is 0 Å². The first kappa shape index (κ1) is 14.1. The van der Waals surface area contributed by atoms with E-state index in [-0.39, 0.29) is 11.5 Å². The fourth-order valence-electron chi connectivity index (χ4n) is 2.47. The largest absolute Gasteiger partial charge is 0.507 e. The Bertz CT molecular complexity index is 820. The highest BCUT2D eigenvalue weighted by Crippen LogP contribution is 2.30. The number of phenolic OH excluding ortho intramolecular Hbond substituents is 1. The maximum atomic E-state index is 12.5. The van der Waals surface area contributed by atoms with Crippen molar-refractivity contribution < 1.29 is 9.90 Å². The first-order chi connectivity index (χ1) is 10.6. The van der Waals surface area contributed by atoms with Crippen LogP contribution in [0.25, 0.3) is 11.1 Å². The van der Waals surface area contributed by atoms with Crippen LogP contribution in [0.2, 0.25) is 0 Å². The van der Waals surface area contributed by atoms with E-state index in [1.54, 1.807) is 24.3 Å². The number of carbonyl (C=O) groups is 1. The molecule has 0 saturated heterocycles. The third kappa shape index (κ3) is 2.77. The van der Waals surface area contributed by atoms with Crippen molar-refractivity contribution in [2.24, 2.45) is 0 Å². The van der Waals surface area contributed by atoms with Crippen LogP contribution in [-0.2, 0) is 0 Å². The first-order valence-electron chi connectivity index (χ1n) is 7.15. The van der Waals surface area contributed by atoms with Gasteiger partial charge in [0, 0.05) is 16.7 Å². The summed E-state index contributed by atoms with van der Waals surface area (Å²) in [6.07, 6.45) is 0. The molecule has 0 saturated carbocycles. The van der Waals surface area contributed by atoms with E-state index in [0.717, 1.165) is 16.7 Å². The van der Waals surface area contributed by atoms with Gasteiger partial charge in [0.2, 0.25) is 0 Å². The van der Waals surface area contributed by atoms with Crippen LogP contribution in [0.4, 0.5) is 0 Å². The van der Waals surface area contributed by atoms with Gasteiger partial charge in [-0.1, -0.05) is 60.2 Å². The number of carbonyl (C=O) groups excluding carboxylic acids is 1. The number of rotatable bonds is 3. The maximum Gasteiger partial charge on any atom is 0.193 e. The minimum Gasteiger partial charge on any atom is -0.507 e. The molecule has 0 aliphatic heterocycles. The second kappa shape index (κ2) is 5.86. The molecule has 0 aromatic heterocycles. The molecule has 3 aromatic rings. The van der Waals surface area contributed by atoms with Crippen molar-refractivity contribution >= 4 is 5.78 Å². The highest BCUT2D eigenvalue weighted by Gasteiger charge is 2.11. The van der Waals surface area contributed by atoms with Crippen LogP contribution in [0.15, 0.2) is 72.8 Å². The summed E-state index contributed by atoms with van der Waals surface area (Å²) in [7, 11) is 0. The van der Waals surface area contributed by atoms with Crippen LogP contribution in [0.3, 0.4) is 0 Å². The van der Waals surface area contributed by atoms with Gasteiger partial charge in [-0.3, -0.25) is 4.79 Å². The van der Waals surface area contributed by atoms with Crippen LogP contribution >= 0.6 is 0 Å². The molecule has 0 heterocycles. The molecule has 1 N–H and O–H groups in total. The molecule has 3 aromatic carbocycles. The van der Waals surface area contributed by atoms with E-state index in [1.807, 2.05) is 55.5 Å². The molecule has 0 amide bonds. The first-order valence-corrected chi connectivity index (χ1v) is 7.15. The van der Waals surface area contributed by atoms with Gasteiger partial charge < -0.3 is 5.11 Å².